The zero-order valence-corrected chi connectivity index (χ0v) is 16.5. The van der Waals surface area contributed by atoms with Crippen LogP contribution in [-0.2, 0) is 13.0 Å². The Balaban J connectivity index is 1.52. The lowest BCUT2D eigenvalue weighted by molar-refractivity contribution is 0.102. The molecule has 0 spiro atoms. The predicted molar refractivity (Wildman–Crippen MR) is 111 cm³/mol. The minimum Gasteiger partial charge on any atom is -0.322 e. The molecule has 1 aromatic heterocycles. The first kappa shape index (κ1) is 18.4. The second kappa shape index (κ2) is 7.97. The fourth-order valence-electron chi connectivity index (χ4n) is 3.84. The molecule has 0 atom stereocenters. The Hall–Kier alpha value is -2.95. The molecule has 0 bridgehead atoms. The van der Waals surface area contributed by atoms with Crippen molar-refractivity contribution in [3.05, 3.63) is 65.0 Å². The van der Waals surface area contributed by atoms with Gasteiger partial charge in [0.05, 0.1) is 0 Å². The Labute approximate surface area is 165 Å². The van der Waals surface area contributed by atoms with Gasteiger partial charge in [-0.05, 0) is 62.6 Å². The summed E-state index contributed by atoms with van der Waals surface area (Å²) in [7, 11) is 0. The maximum Gasteiger partial charge on any atom is 0.255 e. The predicted octanol–water partition coefficient (Wildman–Crippen LogP) is 4.93. The molecule has 0 saturated heterocycles. The van der Waals surface area contributed by atoms with Crippen LogP contribution in [0, 0.1) is 13.8 Å². The fourth-order valence-corrected chi connectivity index (χ4v) is 3.84. The zero-order valence-electron chi connectivity index (χ0n) is 16.5. The fraction of sp³-hybridized carbons (Fsp3) is 0.348. The van der Waals surface area contributed by atoms with Crippen molar-refractivity contribution < 1.29 is 4.79 Å². The van der Waals surface area contributed by atoms with E-state index in [1.54, 1.807) is 0 Å². The van der Waals surface area contributed by atoms with Crippen LogP contribution in [0.1, 0.15) is 53.0 Å². The average Bonchev–Trinajstić information content (AvgIpc) is 3.03. The maximum absolute atomic E-state index is 12.6. The van der Waals surface area contributed by atoms with E-state index in [2.05, 4.69) is 20.1 Å². The standard InChI is InChI=1S/C23H26N4O/c1-16-8-13-20(17(2)15-16)23(28)24-19-11-9-18(10-12-19)22-26-25-21-7-5-3-4-6-14-27(21)22/h8-13,15H,3-7,14H2,1-2H3,(H,24,28). The van der Waals surface area contributed by atoms with Crippen LogP contribution in [0.2, 0.25) is 0 Å². The van der Waals surface area contributed by atoms with Crippen molar-refractivity contribution in [1.29, 1.82) is 0 Å². The van der Waals surface area contributed by atoms with Gasteiger partial charge >= 0.3 is 0 Å². The van der Waals surface area contributed by atoms with Crippen molar-refractivity contribution in [3.63, 3.8) is 0 Å². The van der Waals surface area contributed by atoms with Gasteiger partial charge in [0.15, 0.2) is 5.82 Å². The van der Waals surface area contributed by atoms with Gasteiger partial charge in [-0.15, -0.1) is 10.2 Å². The summed E-state index contributed by atoms with van der Waals surface area (Å²) in [6.07, 6.45) is 5.89. The molecular weight excluding hydrogens is 348 g/mol. The number of carbonyl (C=O) groups excluding carboxylic acids is 1. The van der Waals surface area contributed by atoms with Crippen LogP contribution >= 0.6 is 0 Å². The number of hydrogen-bond donors (Lipinski definition) is 1. The summed E-state index contributed by atoms with van der Waals surface area (Å²) in [6, 6.07) is 13.7. The number of nitrogens with zero attached hydrogens (tertiary/aromatic N) is 3. The zero-order chi connectivity index (χ0) is 19.5. The molecule has 0 fully saturated rings. The second-order valence-electron chi connectivity index (χ2n) is 7.61. The van der Waals surface area contributed by atoms with E-state index < -0.39 is 0 Å². The van der Waals surface area contributed by atoms with E-state index >= 15 is 0 Å². The van der Waals surface area contributed by atoms with E-state index in [0.717, 1.165) is 47.0 Å². The molecule has 1 aliphatic rings. The van der Waals surface area contributed by atoms with E-state index in [4.69, 9.17) is 0 Å². The molecule has 144 valence electrons. The van der Waals surface area contributed by atoms with Crippen molar-refractivity contribution in [2.24, 2.45) is 0 Å². The largest absolute Gasteiger partial charge is 0.322 e. The Morgan fingerprint density at radius 2 is 1.75 bits per heavy atom. The van der Waals surface area contributed by atoms with Gasteiger partial charge in [0.25, 0.3) is 5.91 Å². The number of aryl methyl sites for hydroxylation is 3. The summed E-state index contributed by atoms with van der Waals surface area (Å²) in [6.45, 7) is 4.97. The molecule has 0 saturated carbocycles. The summed E-state index contributed by atoms with van der Waals surface area (Å²) < 4.78 is 2.25. The first-order chi connectivity index (χ1) is 13.6. The monoisotopic (exact) mass is 374 g/mol. The normalized spacial score (nSPS) is 14.1. The number of nitrogens with one attached hydrogen (secondary N) is 1. The van der Waals surface area contributed by atoms with Gasteiger partial charge in [-0.2, -0.15) is 0 Å². The molecule has 1 amide bonds. The first-order valence-electron chi connectivity index (χ1n) is 10.0. The molecule has 1 N–H and O–H groups in total. The number of fused-ring (bicyclic) bond motifs is 1. The SMILES string of the molecule is Cc1ccc(C(=O)Nc2ccc(-c3nnc4n3CCCCCC4)cc2)c(C)c1. The van der Waals surface area contributed by atoms with E-state index in [1.807, 2.05) is 56.3 Å². The third-order valence-corrected chi connectivity index (χ3v) is 5.39. The smallest absolute Gasteiger partial charge is 0.255 e. The summed E-state index contributed by atoms with van der Waals surface area (Å²) in [5, 5.41) is 11.8. The number of anilines is 1. The third-order valence-electron chi connectivity index (χ3n) is 5.39. The van der Waals surface area contributed by atoms with Crippen molar-refractivity contribution in [1.82, 2.24) is 14.8 Å². The molecule has 5 heteroatoms. The Morgan fingerprint density at radius 3 is 2.54 bits per heavy atom. The van der Waals surface area contributed by atoms with E-state index in [-0.39, 0.29) is 5.91 Å². The highest BCUT2D eigenvalue weighted by Gasteiger charge is 2.15. The highest BCUT2D eigenvalue weighted by atomic mass is 16.1. The molecule has 2 heterocycles. The van der Waals surface area contributed by atoms with E-state index in [9.17, 15) is 4.79 Å². The number of aromatic nitrogens is 3. The van der Waals surface area contributed by atoms with Crippen molar-refractivity contribution in [2.45, 2.75) is 52.5 Å². The summed E-state index contributed by atoms with van der Waals surface area (Å²) in [5.74, 6) is 1.92. The number of amides is 1. The van der Waals surface area contributed by atoms with E-state index in [1.165, 1.54) is 25.7 Å². The van der Waals surface area contributed by atoms with Crippen LogP contribution in [0.5, 0.6) is 0 Å². The molecular formula is C23H26N4O. The quantitative estimate of drug-likeness (QED) is 0.707. The van der Waals surface area contributed by atoms with Crippen LogP contribution in [-0.4, -0.2) is 20.7 Å². The number of rotatable bonds is 3. The van der Waals surface area contributed by atoms with Gasteiger partial charge in [0.1, 0.15) is 5.82 Å². The number of benzene rings is 2. The van der Waals surface area contributed by atoms with Crippen LogP contribution in [0.4, 0.5) is 5.69 Å². The van der Waals surface area contributed by atoms with Crippen molar-refractivity contribution in [3.8, 4) is 11.4 Å². The van der Waals surface area contributed by atoms with Gasteiger partial charge in [-0.3, -0.25) is 4.79 Å². The summed E-state index contributed by atoms with van der Waals surface area (Å²) in [4.78, 5) is 12.6. The molecule has 28 heavy (non-hydrogen) atoms. The number of carbonyl (C=O) groups is 1. The van der Waals surface area contributed by atoms with Gasteiger partial charge in [-0.1, -0.05) is 30.5 Å². The van der Waals surface area contributed by atoms with Gasteiger partial charge < -0.3 is 9.88 Å². The second-order valence-corrected chi connectivity index (χ2v) is 7.61. The summed E-state index contributed by atoms with van der Waals surface area (Å²) >= 11 is 0. The minimum absolute atomic E-state index is 0.0853. The van der Waals surface area contributed by atoms with Crippen LogP contribution in [0.15, 0.2) is 42.5 Å². The van der Waals surface area contributed by atoms with Gasteiger partial charge in [0, 0.05) is 29.8 Å². The van der Waals surface area contributed by atoms with Gasteiger partial charge in [0.2, 0.25) is 0 Å². The molecule has 3 aromatic rings. The Kier molecular flexibility index (Phi) is 5.24. The average molecular weight is 374 g/mol. The number of hydrogen-bond acceptors (Lipinski definition) is 3. The van der Waals surface area contributed by atoms with Crippen LogP contribution < -0.4 is 5.32 Å². The minimum atomic E-state index is -0.0853. The Morgan fingerprint density at radius 1 is 0.964 bits per heavy atom. The molecule has 4 rings (SSSR count). The highest BCUT2D eigenvalue weighted by Crippen LogP contribution is 2.24. The summed E-state index contributed by atoms with van der Waals surface area (Å²) in [5.41, 5.74) is 4.65. The molecule has 0 aliphatic carbocycles. The molecule has 0 unspecified atom stereocenters. The Bertz CT molecular complexity index is 988. The molecule has 0 radical (unpaired) electrons. The van der Waals surface area contributed by atoms with Crippen molar-refractivity contribution in [2.75, 3.05) is 5.32 Å². The topological polar surface area (TPSA) is 59.8 Å². The highest BCUT2D eigenvalue weighted by molar-refractivity contribution is 6.05. The lowest BCUT2D eigenvalue weighted by Crippen LogP contribution is -2.13. The van der Waals surface area contributed by atoms with Crippen LogP contribution in [0.3, 0.4) is 0 Å². The third kappa shape index (κ3) is 3.84. The lowest BCUT2D eigenvalue weighted by atomic mass is 10.1. The molecule has 5 nitrogen and oxygen atoms in total. The van der Waals surface area contributed by atoms with Crippen molar-refractivity contribution >= 4 is 11.6 Å². The first-order valence-corrected chi connectivity index (χ1v) is 10.0. The van der Waals surface area contributed by atoms with Gasteiger partial charge in [-0.25, -0.2) is 0 Å². The lowest BCUT2D eigenvalue weighted by Gasteiger charge is -2.13. The molecule has 1 aliphatic heterocycles. The molecule has 2 aromatic carbocycles. The van der Waals surface area contributed by atoms with Crippen LogP contribution in [0.25, 0.3) is 11.4 Å². The maximum atomic E-state index is 12.6. The van der Waals surface area contributed by atoms with E-state index in [0.29, 0.717) is 5.56 Å².